The van der Waals surface area contributed by atoms with E-state index in [1.54, 1.807) is 24.5 Å². The van der Waals surface area contributed by atoms with Crippen molar-refractivity contribution in [3.8, 4) is 0 Å². The van der Waals surface area contributed by atoms with Crippen LogP contribution in [0.5, 0.6) is 0 Å². The maximum absolute atomic E-state index is 11.1. The zero-order valence-electron chi connectivity index (χ0n) is 8.40. The minimum Gasteiger partial charge on any atom is -0.465 e. The van der Waals surface area contributed by atoms with Gasteiger partial charge in [-0.25, -0.2) is 4.79 Å². The molecule has 76 valence electrons. The summed E-state index contributed by atoms with van der Waals surface area (Å²) < 4.78 is 9.95. The minimum absolute atomic E-state index is 0.338. The third kappa shape index (κ3) is 3.94. The van der Waals surface area contributed by atoms with Crippen LogP contribution in [-0.2, 0) is 9.53 Å². The molecule has 0 aliphatic rings. The van der Waals surface area contributed by atoms with Gasteiger partial charge in [0.25, 0.3) is 0 Å². The highest BCUT2D eigenvalue weighted by molar-refractivity contribution is 5.86. The molecular weight excluding hydrogens is 180 g/mol. The first-order valence-electron chi connectivity index (χ1n) is 4.57. The third-order valence-corrected chi connectivity index (χ3v) is 1.49. The summed E-state index contributed by atoms with van der Waals surface area (Å²) in [6.07, 6.45) is 4.50. The van der Waals surface area contributed by atoms with E-state index in [-0.39, 0.29) is 5.97 Å². The summed E-state index contributed by atoms with van der Waals surface area (Å²) in [5.41, 5.74) is 0. The molecule has 0 saturated carbocycles. The number of hydrogen-bond acceptors (Lipinski definition) is 3. The van der Waals surface area contributed by atoms with E-state index in [0.29, 0.717) is 18.3 Å². The van der Waals surface area contributed by atoms with E-state index in [4.69, 9.17) is 9.15 Å². The summed E-state index contributed by atoms with van der Waals surface area (Å²) in [5, 5.41) is 0. The quantitative estimate of drug-likeness (QED) is 0.546. The van der Waals surface area contributed by atoms with Gasteiger partial charge in [0.1, 0.15) is 5.76 Å². The Hall–Kier alpha value is -1.51. The van der Waals surface area contributed by atoms with Gasteiger partial charge < -0.3 is 9.15 Å². The van der Waals surface area contributed by atoms with Gasteiger partial charge in [-0.1, -0.05) is 13.8 Å². The Balaban J connectivity index is 2.34. The van der Waals surface area contributed by atoms with Gasteiger partial charge in [-0.15, -0.1) is 0 Å². The van der Waals surface area contributed by atoms with Crippen LogP contribution in [0.3, 0.4) is 0 Å². The number of ether oxygens (including phenoxy) is 1. The van der Waals surface area contributed by atoms with E-state index in [9.17, 15) is 4.79 Å². The van der Waals surface area contributed by atoms with Gasteiger partial charge in [0, 0.05) is 6.08 Å². The second-order valence-electron chi connectivity index (χ2n) is 3.37. The van der Waals surface area contributed by atoms with E-state index in [2.05, 4.69) is 0 Å². The Morgan fingerprint density at radius 2 is 2.43 bits per heavy atom. The van der Waals surface area contributed by atoms with Crippen LogP contribution in [0.2, 0.25) is 0 Å². The molecule has 14 heavy (non-hydrogen) atoms. The second kappa shape index (κ2) is 5.27. The number of hydrogen-bond donors (Lipinski definition) is 0. The zero-order valence-corrected chi connectivity index (χ0v) is 8.40. The molecule has 0 fully saturated rings. The summed E-state index contributed by atoms with van der Waals surface area (Å²) in [5.74, 6) is 0.664. The fraction of sp³-hybridized carbons (Fsp3) is 0.364. The summed E-state index contributed by atoms with van der Waals surface area (Å²) in [4.78, 5) is 11.1. The van der Waals surface area contributed by atoms with Gasteiger partial charge in [0.15, 0.2) is 0 Å². The van der Waals surface area contributed by atoms with Crippen LogP contribution in [0.4, 0.5) is 0 Å². The molecule has 0 saturated heterocycles. The van der Waals surface area contributed by atoms with E-state index < -0.39 is 0 Å². The fourth-order valence-corrected chi connectivity index (χ4v) is 0.833. The van der Waals surface area contributed by atoms with Gasteiger partial charge in [0.2, 0.25) is 0 Å². The molecule has 1 aromatic heterocycles. The minimum atomic E-state index is -0.338. The monoisotopic (exact) mass is 194 g/mol. The Morgan fingerprint density at radius 3 is 3.00 bits per heavy atom. The van der Waals surface area contributed by atoms with E-state index >= 15 is 0 Å². The molecule has 0 unspecified atom stereocenters. The number of furan rings is 1. The normalized spacial score (nSPS) is 11.1. The van der Waals surface area contributed by atoms with Crippen LogP contribution < -0.4 is 0 Å². The molecule has 0 aliphatic heterocycles. The first-order valence-corrected chi connectivity index (χ1v) is 4.57. The molecule has 3 nitrogen and oxygen atoms in total. The van der Waals surface area contributed by atoms with Crippen molar-refractivity contribution in [3.05, 3.63) is 30.2 Å². The lowest BCUT2D eigenvalue weighted by atomic mass is 10.2. The highest BCUT2D eigenvalue weighted by Gasteiger charge is 1.99. The van der Waals surface area contributed by atoms with Crippen molar-refractivity contribution in [3.63, 3.8) is 0 Å². The lowest BCUT2D eigenvalue weighted by Crippen LogP contribution is -2.06. The number of rotatable bonds is 4. The molecule has 0 bridgehead atoms. The van der Waals surface area contributed by atoms with Crippen molar-refractivity contribution < 1.29 is 13.9 Å². The van der Waals surface area contributed by atoms with E-state index in [0.717, 1.165) is 0 Å². The molecule has 0 radical (unpaired) electrons. The number of carbonyl (C=O) groups is 1. The van der Waals surface area contributed by atoms with Crippen LogP contribution in [0, 0.1) is 5.92 Å². The van der Waals surface area contributed by atoms with Crippen LogP contribution in [0.15, 0.2) is 28.9 Å². The van der Waals surface area contributed by atoms with Gasteiger partial charge in [-0.2, -0.15) is 0 Å². The first kappa shape index (κ1) is 10.6. The molecular formula is C11H14O3. The highest BCUT2D eigenvalue weighted by atomic mass is 16.5. The number of esters is 1. The zero-order chi connectivity index (χ0) is 10.4. The summed E-state index contributed by atoms with van der Waals surface area (Å²) in [6.45, 7) is 4.42. The highest BCUT2D eigenvalue weighted by Crippen LogP contribution is 2.02. The van der Waals surface area contributed by atoms with Crippen molar-refractivity contribution in [1.82, 2.24) is 0 Å². The first-order chi connectivity index (χ1) is 6.68. The number of carbonyl (C=O) groups excluding carboxylic acids is 1. The van der Waals surface area contributed by atoms with Crippen LogP contribution in [0.1, 0.15) is 19.6 Å². The topological polar surface area (TPSA) is 39.4 Å². The smallest absolute Gasteiger partial charge is 0.330 e. The molecule has 0 amide bonds. The van der Waals surface area contributed by atoms with E-state index in [1.807, 2.05) is 13.8 Å². The Morgan fingerprint density at radius 1 is 1.64 bits per heavy atom. The molecule has 1 rings (SSSR count). The summed E-state index contributed by atoms with van der Waals surface area (Å²) >= 11 is 0. The summed E-state index contributed by atoms with van der Waals surface area (Å²) in [7, 11) is 0. The molecule has 0 aromatic carbocycles. The van der Waals surface area contributed by atoms with Crippen molar-refractivity contribution in [2.75, 3.05) is 6.61 Å². The van der Waals surface area contributed by atoms with Gasteiger partial charge in [-0.3, -0.25) is 0 Å². The van der Waals surface area contributed by atoms with Gasteiger partial charge in [-0.05, 0) is 24.1 Å². The molecule has 0 N–H and O–H groups in total. The maximum Gasteiger partial charge on any atom is 0.330 e. The van der Waals surface area contributed by atoms with Crippen LogP contribution in [-0.4, -0.2) is 12.6 Å². The van der Waals surface area contributed by atoms with Crippen LogP contribution in [0.25, 0.3) is 6.08 Å². The average Bonchev–Trinajstić information content (AvgIpc) is 2.63. The average molecular weight is 194 g/mol. The molecule has 0 aliphatic carbocycles. The molecule has 1 heterocycles. The second-order valence-corrected chi connectivity index (χ2v) is 3.37. The largest absolute Gasteiger partial charge is 0.465 e. The molecule has 1 aromatic rings. The third-order valence-electron chi connectivity index (χ3n) is 1.49. The predicted octanol–water partition coefficient (Wildman–Crippen LogP) is 2.49. The van der Waals surface area contributed by atoms with Crippen molar-refractivity contribution in [2.24, 2.45) is 5.92 Å². The van der Waals surface area contributed by atoms with Crippen molar-refractivity contribution >= 4 is 12.0 Å². The van der Waals surface area contributed by atoms with E-state index in [1.165, 1.54) is 6.08 Å². The molecule has 3 heteroatoms. The fourth-order valence-electron chi connectivity index (χ4n) is 0.833. The standard InChI is InChI=1S/C11H14O3/c1-9(2)8-14-11(12)6-5-10-4-3-7-13-10/h3-7,9H,8H2,1-2H3. The van der Waals surface area contributed by atoms with Crippen molar-refractivity contribution in [2.45, 2.75) is 13.8 Å². The Bertz CT molecular complexity index is 296. The maximum atomic E-state index is 11.1. The molecule has 0 atom stereocenters. The predicted molar refractivity (Wildman–Crippen MR) is 53.5 cm³/mol. The lowest BCUT2D eigenvalue weighted by Gasteiger charge is -2.03. The molecule has 0 spiro atoms. The summed E-state index contributed by atoms with van der Waals surface area (Å²) in [6, 6.07) is 3.53. The van der Waals surface area contributed by atoms with Crippen LogP contribution >= 0.6 is 0 Å². The van der Waals surface area contributed by atoms with Gasteiger partial charge >= 0.3 is 5.97 Å². The lowest BCUT2D eigenvalue weighted by molar-refractivity contribution is -0.138. The van der Waals surface area contributed by atoms with Crippen molar-refractivity contribution in [1.29, 1.82) is 0 Å². The van der Waals surface area contributed by atoms with Gasteiger partial charge in [0.05, 0.1) is 12.9 Å². The Labute approximate surface area is 83.4 Å². The SMILES string of the molecule is CC(C)COC(=O)C=Cc1ccco1. The Kier molecular flexibility index (Phi) is 3.98.